The van der Waals surface area contributed by atoms with E-state index in [9.17, 15) is 28.8 Å². The van der Waals surface area contributed by atoms with Crippen LogP contribution in [-0.4, -0.2) is 111 Å². The zero-order valence-electron chi connectivity index (χ0n) is 38.3. The molecular formula is C48H68N8O8. The molecule has 4 rings (SSSR count). The lowest BCUT2D eigenvalue weighted by molar-refractivity contribution is -0.142. The topological polar surface area (TPSA) is 242 Å². The third-order valence-electron chi connectivity index (χ3n) is 11.3. The standard InChI is InChI=1S/C48H68N8O8/c1-7-8-9-10-11-12-13-32-14-17-35(30(2)26-32)46(60)53-38(18-21-42(57)55(4)5)48(62)56(6)43-34-16-20-41(64-25-23-50)37(29-34)36-27-33(15-19-40(36)63-24-22-49)28-39(44(51)58)54-45(59)31(3)52-47(43)61/h14-17,19-20,26-27,29,31,38-39,43H,7-13,18,21-25,28,49-50H2,1-6H3,(H2,51,58)(H,52,61)(H,53,60)(H,54,59)/t31-,38-,39-,43-/m0/s1. The Kier molecular flexibility index (Phi) is 19.6. The Bertz CT molecular complexity index is 2110. The van der Waals surface area contributed by atoms with Crippen molar-refractivity contribution in [2.45, 2.75) is 109 Å². The first-order chi connectivity index (χ1) is 30.6. The van der Waals surface area contributed by atoms with Crippen molar-refractivity contribution in [1.29, 1.82) is 0 Å². The van der Waals surface area contributed by atoms with Gasteiger partial charge in [0.2, 0.25) is 29.5 Å². The Morgan fingerprint density at radius 3 is 2.09 bits per heavy atom. The molecule has 16 nitrogen and oxygen atoms in total. The summed E-state index contributed by atoms with van der Waals surface area (Å²) < 4.78 is 12.2. The smallest absolute Gasteiger partial charge is 0.252 e. The molecule has 1 aliphatic rings. The van der Waals surface area contributed by atoms with Gasteiger partial charge in [-0.05, 0) is 85.7 Å². The second-order valence-corrected chi connectivity index (χ2v) is 16.6. The number of amides is 6. The Labute approximate surface area is 377 Å². The molecule has 9 N–H and O–H groups in total. The molecule has 0 saturated carbocycles. The van der Waals surface area contributed by atoms with Crippen LogP contribution in [0.1, 0.15) is 104 Å². The number of ether oxygens (including phenoxy) is 2. The minimum Gasteiger partial charge on any atom is -0.492 e. The summed E-state index contributed by atoms with van der Waals surface area (Å²) in [5.74, 6) is -2.85. The van der Waals surface area contributed by atoms with Crippen LogP contribution in [0.3, 0.4) is 0 Å². The van der Waals surface area contributed by atoms with Gasteiger partial charge in [0.15, 0.2) is 0 Å². The number of aryl methyl sites for hydroxylation is 2. The van der Waals surface area contributed by atoms with Crippen LogP contribution in [-0.2, 0) is 36.8 Å². The highest BCUT2D eigenvalue weighted by Gasteiger charge is 2.36. The Morgan fingerprint density at radius 2 is 1.47 bits per heavy atom. The Morgan fingerprint density at radius 1 is 0.828 bits per heavy atom. The number of carbonyl (C=O) groups excluding carboxylic acids is 6. The Balaban J connectivity index is 1.80. The van der Waals surface area contributed by atoms with Crippen LogP contribution in [0, 0.1) is 6.92 Å². The molecule has 0 radical (unpaired) electrons. The average Bonchev–Trinajstić information content (AvgIpc) is 3.26. The molecule has 0 fully saturated rings. The van der Waals surface area contributed by atoms with Crippen molar-refractivity contribution < 1.29 is 38.2 Å². The summed E-state index contributed by atoms with van der Waals surface area (Å²) in [5, 5.41) is 8.24. The number of fused-ring (bicyclic) bond motifs is 5. The molecule has 1 heterocycles. The number of primary amides is 1. The third kappa shape index (κ3) is 14.0. The molecular weight excluding hydrogens is 817 g/mol. The molecule has 0 unspecified atom stereocenters. The van der Waals surface area contributed by atoms with E-state index in [4.69, 9.17) is 26.7 Å². The fraction of sp³-hybridized carbons (Fsp3) is 0.500. The first-order valence-electron chi connectivity index (χ1n) is 22.3. The number of carbonyl (C=O) groups is 6. The fourth-order valence-corrected chi connectivity index (χ4v) is 7.70. The van der Waals surface area contributed by atoms with E-state index in [0.29, 0.717) is 39.3 Å². The van der Waals surface area contributed by atoms with Gasteiger partial charge in [0.1, 0.15) is 48.9 Å². The predicted octanol–water partition coefficient (Wildman–Crippen LogP) is 3.44. The number of hydrogen-bond donors (Lipinski definition) is 6. The lowest BCUT2D eigenvalue weighted by Crippen LogP contribution is -2.55. The molecule has 0 aliphatic carbocycles. The van der Waals surface area contributed by atoms with E-state index < -0.39 is 53.7 Å². The summed E-state index contributed by atoms with van der Waals surface area (Å²) in [4.78, 5) is 85.2. The van der Waals surface area contributed by atoms with E-state index in [1.54, 1.807) is 56.6 Å². The van der Waals surface area contributed by atoms with Gasteiger partial charge in [-0.3, -0.25) is 28.8 Å². The Hall–Kier alpha value is -6.00. The molecule has 0 spiro atoms. The highest BCUT2D eigenvalue weighted by atomic mass is 16.5. The van der Waals surface area contributed by atoms with Crippen molar-refractivity contribution in [2.24, 2.45) is 17.2 Å². The van der Waals surface area contributed by atoms with Crippen molar-refractivity contribution in [3.63, 3.8) is 0 Å². The van der Waals surface area contributed by atoms with Crippen molar-refractivity contribution in [2.75, 3.05) is 47.4 Å². The van der Waals surface area contributed by atoms with Gasteiger partial charge in [-0.25, -0.2) is 0 Å². The summed E-state index contributed by atoms with van der Waals surface area (Å²) in [6, 6.07) is 10.9. The average molecular weight is 885 g/mol. The fourth-order valence-electron chi connectivity index (χ4n) is 7.70. The molecule has 6 amide bonds. The minimum atomic E-state index is -1.40. The second-order valence-electron chi connectivity index (χ2n) is 16.6. The van der Waals surface area contributed by atoms with Gasteiger partial charge in [0.25, 0.3) is 5.91 Å². The van der Waals surface area contributed by atoms with E-state index in [2.05, 4.69) is 22.9 Å². The number of likely N-dealkylation sites (N-methyl/N-ethyl adjacent to an activating group) is 1. The summed E-state index contributed by atoms with van der Waals surface area (Å²) in [6.07, 6.45) is 7.78. The molecule has 348 valence electrons. The molecule has 4 atom stereocenters. The van der Waals surface area contributed by atoms with Gasteiger partial charge >= 0.3 is 0 Å². The monoisotopic (exact) mass is 885 g/mol. The predicted molar refractivity (Wildman–Crippen MR) is 246 cm³/mol. The maximum absolute atomic E-state index is 14.9. The highest BCUT2D eigenvalue weighted by Crippen LogP contribution is 2.40. The van der Waals surface area contributed by atoms with Crippen LogP contribution in [0.5, 0.6) is 11.5 Å². The lowest BCUT2D eigenvalue weighted by Gasteiger charge is -2.33. The van der Waals surface area contributed by atoms with Gasteiger partial charge in [0.05, 0.1) is 0 Å². The van der Waals surface area contributed by atoms with Crippen LogP contribution in [0.15, 0.2) is 54.6 Å². The SMILES string of the molecule is CCCCCCCCc1ccc(C(=O)N[C@@H](CCC(=O)N(C)C)C(=O)N(C)[C@@H]2C(=O)N[C@@H](C)C(=O)N[C@H](C(N)=O)Cc3ccc(OCCN)c(c3)-c3cc2ccc3OCCN)c(C)c1. The molecule has 3 aromatic carbocycles. The molecule has 16 heteroatoms. The van der Waals surface area contributed by atoms with E-state index in [1.165, 1.54) is 49.5 Å². The van der Waals surface area contributed by atoms with Crippen molar-refractivity contribution in [1.82, 2.24) is 25.8 Å². The molecule has 3 aromatic rings. The normalized spacial score (nSPS) is 16.7. The van der Waals surface area contributed by atoms with Crippen LogP contribution in [0.25, 0.3) is 11.1 Å². The minimum absolute atomic E-state index is 0.0246. The number of rotatable bonds is 21. The van der Waals surface area contributed by atoms with Crippen molar-refractivity contribution in [3.8, 4) is 22.6 Å². The van der Waals surface area contributed by atoms with Gasteiger partial charge in [-0.2, -0.15) is 0 Å². The van der Waals surface area contributed by atoms with Crippen molar-refractivity contribution >= 4 is 35.4 Å². The number of nitrogens with two attached hydrogens (primary N) is 3. The van der Waals surface area contributed by atoms with E-state index in [0.717, 1.165) is 30.4 Å². The summed E-state index contributed by atoms with van der Waals surface area (Å²) in [7, 11) is 4.62. The maximum Gasteiger partial charge on any atom is 0.252 e. The van der Waals surface area contributed by atoms with Gasteiger partial charge in [0, 0.05) is 63.8 Å². The highest BCUT2D eigenvalue weighted by molar-refractivity contribution is 6.00. The molecule has 0 aromatic heterocycles. The lowest BCUT2D eigenvalue weighted by atomic mass is 9.93. The number of benzene rings is 3. The van der Waals surface area contributed by atoms with E-state index in [-0.39, 0.29) is 51.5 Å². The largest absolute Gasteiger partial charge is 0.492 e. The number of nitrogens with one attached hydrogen (secondary N) is 3. The third-order valence-corrected chi connectivity index (χ3v) is 11.3. The molecule has 64 heavy (non-hydrogen) atoms. The van der Waals surface area contributed by atoms with Crippen LogP contribution in [0.4, 0.5) is 0 Å². The first kappa shape index (κ1) is 50.6. The maximum atomic E-state index is 14.9. The first-order valence-corrected chi connectivity index (χ1v) is 22.3. The number of hydrogen-bond acceptors (Lipinski definition) is 10. The number of nitrogens with zero attached hydrogens (tertiary/aromatic N) is 2. The van der Waals surface area contributed by atoms with Crippen LogP contribution < -0.4 is 42.6 Å². The van der Waals surface area contributed by atoms with Gasteiger partial charge in [-0.15, -0.1) is 0 Å². The molecule has 4 bridgehead atoms. The van der Waals surface area contributed by atoms with Crippen LogP contribution >= 0.6 is 0 Å². The van der Waals surface area contributed by atoms with Crippen molar-refractivity contribution in [3.05, 3.63) is 82.4 Å². The van der Waals surface area contributed by atoms with Gasteiger partial charge in [-0.1, -0.05) is 63.3 Å². The van der Waals surface area contributed by atoms with Crippen LogP contribution in [0.2, 0.25) is 0 Å². The van der Waals surface area contributed by atoms with E-state index >= 15 is 0 Å². The summed E-state index contributed by atoms with van der Waals surface area (Å²) in [5.41, 5.74) is 21.6. The van der Waals surface area contributed by atoms with Gasteiger partial charge < -0.3 is 52.4 Å². The zero-order chi connectivity index (χ0) is 46.9. The second kappa shape index (κ2) is 24.7. The van der Waals surface area contributed by atoms with E-state index in [1.807, 2.05) is 19.1 Å². The quantitative estimate of drug-likeness (QED) is 0.0852. The molecule has 0 saturated heterocycles. The summed E-state index contributed by atoms with van der Waals surface area (Å²) in [6.45, 7) is 6.21. The summed E-state index contributed by atoms with van der Waals surface area (Å²) >= 11 is 0. The number of unbranched alkanes of at least 4 members (excludes halogenated alkanes) is 5. The molecule has 1 aliphatic heterocycles. The zero-order valence-corrected chi connectivity index (χ0v) is 38.3.